The summed E-state index contributed by atoms with van der Waals surface area (Å²) in [6, 6.07) is 8.37. The van der Waals surface area contributed by atoms with E-state index in [2.05, 4.69) is 24.2 Å². The number of hydrogen-bond donors (Lipinski definition) is 1. The molecule has 3 rings (SSSR count). The molecular formula is C16H20N2O. The van der Waals surface area contributed by atoms with E-state index in [9.17, 15) is 5.11 Å². The maximum atomic E-state index is 10.4. The van der Waals surface area contributed by atoms with Crippen molar-refractivity contribution in [1.82, 2.24) is 9.78 Å². The van der Waals surface area contributed by atoms with Crippen molar-refractivity contribution >= 4 is 0 Å². The fourth-order valence-corrected chi connectivity index (χ4v) is 2.43. The number of aliphatic hydroxyl groups is 1. The van der Waals surface area contributed by atoms with Gasteiger partial charge in [0, 0.05) is 18.3 Å². The van der Waals surface area contributed by atoms with Crippen molar-refractivity contribution < 1.29 is 5.11 Å². The van der Waals surface area contributed by atoms with Gasteiger partial charge in [0.1, 0.15) is 6.10 Å². The van der Waals surface area contributed by atoms with Gasteiger partial charge in [-0.15, -0.1) is 0 Å². The molecule has 0 bridgehead atoms. The third kappa shape index (κ3) is 2.71. The van der Waals surface area contributed by atoms with Crippen molar-refractivity contribution in [3.05, 3.63) is 53.3 Å². The van der Waals surface area contributed by atoms with Crippen LogP contribution < -0.4 is 0 Å². The Hall–Kier alpha value is -1.61. The average Bonchev–Trinajstić information content (AvgIpc) is 3.19. The molecule has 1 aromatic carbocycles. The fraction of sp³-hybridized carbons (Fsp3) is 0.438. The SMILES string of the molecule is CCCn1cc(C(O)c2ccc(C3CC3)cc2)cn1. The summed E-state index contributed by atoms with van der Waals surface area (Å²) in [4.78, 5) is 0. The normalized spacial score (nSPS) is 16.5. The Morgan fingerprint density at radius 1 is 1.26 bits per heavy atom. The van der Waals surface area contributed by atoms with Gasteiger partial charge < -0.3 is 5.11 Å². The minimum atomic E-state index is -0.571. The van der Waals surface area contributed by atoms with Gasteiger partial charge in [-0.3, -0.25) is 4.68 Å². The largest absolute Gasteiger partial charge is 0.384 e. The number of hydrogen-bond acceptors (Lipinski definition) is 2. The van der Waals surface area contributed by atoms with E-state index in [4.69, 9.17) is 0 Å². The average molecular weight is 256 g/mol. The van der Waals surface area contributed by atoms with E-state index in [1.165, 1.54) is 18.4 Å². The van der Waals surface area contributed by atoms with Crippen LogP contribution in [-0.2, 0) is 6.54 Å². The summed E-state index contributed by atoms with van der Waals surface area (Å²) >= 11 is 0. The lowest BCUT2D eigenvalue weighted by molar-refractivity contribution is 0.220. The summed E-state index contributed by atoms with van der Waals surface area (Å²) in [7, 11) is 0. The van der Waals surface area contributed by atoms with Gasteiger partial charge in [-0.25, -0.2) is 0 Å². The van der Waals surface area contributed by atoms with E-state index in [0.29, 0.717) is 0 Å². The van der Waals surface area contributed by atoms with Gasteiger partial charge in [-0.2, -0.15) is 5.10 Å². The summed E-state index contributed by atoms with van der Waals surface area (Å²) in [5.74, 6) is 0.762. The number of aliphatic hydroxyl groups excluding tert-OH is 1. The standard InChI is InChI=1S/C16H20N2O/c1-2-9-18-11-15(10-17-18)16(19)14-7-5-13(6-8-14)12-3-4-12/h5-8,10-12,16,19H,2-4,9H2,1H3. The smallest absolute Gasteiger partial charge is 0.107 e. The van der Waals surface area contributed by atoms with Crippen LogP contribution in [0.2, 0.25) is 0 Å². The van der Waals surface area contributed by atoms with Gasteiger partial charge in [-0.1, -0.05) is 31.2 Å². The molecular weight excluding hydrogens is 236 g/mol. The zero-order valence-electron chi connectivity index (χ0n) is 11.3. The molecule has 1 atom stereocenters. The topological polar surface area (TPSA) is 38.0 Å². The number of rotatable bonds is 5. The van der Waals surface area contributed by atoms with Crippen molar-refractivity contribution in [2.45, 2.75) is 44.8 Å². The number of aromatic nitrogens is 2. The van der Waals surface area contributed by atoms with Crippen LogP contribution in [0, 0.1) is 0 Å². The first-order valence-corrected chi connectivity index (χ1v) is 7.08. The molecule has 1 unspecified atom stereocenters. The summed E-state index contributed by atoms with van der Waals surface area (Å²) in [6.07, 6.45) is 6.79. The van der Waals surface area contributed by atoms with Crippen LogP contribution in [-0.4, -0.2) is 14.9 Å². The summed E-state index contributed by atoms with van der Waals surface area (Å²) in [5.41, 5.74) is 3.21. The molecule has 1 fully saturated rings. The molecule has 0 aliphatic heterocycles. The quantitative estimate of drug-likeness (QED) is 0.891. The van der Waals surface area contributed by atoms with Gasteiger partial charge in [0.25, 0.3) is 0 Å². The van der Waals surface area contributed by atoms with Crippen LogP contribution >= 0.6 is 0 Å². The molecule has 1 aromatic heterocycles. The molecule has 0 radical (unpaired) electrons. The number of benzene rings is 1. The second-order valence-electron chi connectivity index (χ2n) is 5.38. The van der Waals surface area contributed by atoms with E-state index in [-0.39, 0.29) is 0 Å². The monoisotopic (exact) mass is 256 g/mol. The Kier molecular flexibility index (Phi) is 3.38. The second-order valence-corrected chi connectivity index (χ2v) is 5.38. The lowest BCUT2D eigenvalue weighted by Crippen LogP contribution is -1.99. The Labute approximate surface area is 113 Å². The lowest BCUT2D eigenvalue weighted by atomic mass is 10.0. The highest BCUT2D eigenvalue weighted by atomic mass is 16.3. The Bertz CT molecular complexity index is 540. The third-order valence-electron chi connectivity index (χ3n) is 3.72. The van der Waals surface area contributed by atoms with Crippen molar-refractivity contribution in [3.63, 3.8) is 0 Å². The molecule has 1 aliphatic carbocycles. The minimum absolute atomic E-state index is 0.571. The highest BCUT2D eigenvalue weighted by molar-refractivity contribution is 5.32. The zero-order chi connectivity index (χ0) is 13.2. The van der Waals surface area contributed by atoms with E-state index in [1.807, 2.05) is 23.0 Å². The van der Waals surface area contributed by atoms with E-state index < -0.39 is 6.10 Å². The van der Waals surface area contributed by atoms with Crippen LogP contribution in [0.15, 0.2) is 36.7 Å². The second kappa shape index (κ2) is 5.17. The highest BCUT2D eigenvalue weighted by Gasteiger charge is 2.23. The van der Waals surface area contributed by atoms with Crippen molar-refractivity contribution in [3.8, 4) is 0 Å². The van der Waals surface area contributed by atoms with E-state index in [1.54, 1.807) is 6.20 Å². The Morgan fingerprint density at radius 2 is 2.00 bits per heavy atom. The summed E-state index contributed by atoms with van der Waals surface area (Å²) in [5, 5.41) is 14.6. The summed E-state index contributed by atoms with van der Waals surface area (Å²) in [6.45, 7) is 3.02. The molecule has 1 N–H and O–H groups in total. The maximum Gasteiger partial charge on any atom is 0.107 e. The predicted octanol–water partition coefficient (Wildman–Crippen LogP) is 3.25. The third-order valence-corrected chi connectivity index (χ3v) is 3.72. The van der Waals surface area contributed by atoms with Gasteiger partial charge in [0.2, 0.25) is 0 Å². The first-order valence-electron chi connectivity index (χ1n) is 7.08. The van der Waals surface area contributed by atoms with Crippen LogP contribution in [0.25, 0.3) is 0 Å². The van der Waals surface area contributed by atoms with E-state index in [0.717, 1.165) is 30.0 Å². The maximum absolute atomic E-state index is 10.4. The lowest BCUT2D eigenvalue weighted by Gasteiger charge is -2.09. The van der Waals surface area contributed by atoms with Crippen LogP contribution in [0.5, 0.6) is 0 Å². The van der Waals surface area contributed by atoms with Gasteiger partial charge in [-0.05, 0) is 36.3 Å². The molecule has 2 aromatic rings. The molecule has 1 saturated carbocycles. The fourth-order valence-electron chi connectivity index (χ4n) is 2.43. The number of aryl methyl sites for hydroxylation is 1. The first kappa shape index (κ1) is 12.4. The molecule has 0 saturated heterocycles. The van der Waals surface area contributed by atoms with Gasteiger partial charge in [0.05, 0.1) is 6.20 Å². The van der Waals surface area contributed by atoms with E-state index >= 15 is 0 Å². The van der Waals surface area contributed by atoms with Crippen LogP contribution in [0.1, 0.15) is 54.9 Å². The minimum Gasteiger partial charge on any atom is -0.384 e. The molecule has 0 amide bonds. The van der Waals surface area contributed by atoms with Crippen molar-refractivity contribution in [2.24, 2.45) is 0 Å². The molecule has 0 spiro atoms. The van der Waals surface area contributed by atoms with Gasteiger partial charge in [0.15, 0.2) is 0 Å². The first-order chi connectivity index (χ1) is 9.28. The van der Waals surface area contributed by atoms with Crippen molar-refractivity contribution in [2.75, 3.05) is 0 Å². The molecule has 1 heterocycles. The Balaban J connectivity index is 1.75. The van der Waals surface area contributed by atoms with Gasteiger partial charge >= 0.3 is 0 Å². The molecule has 1 aliphatic rings. The van der Waals surface area contributed by atoms with Crippen LogP contribution in [0.4, 0.5) is 0 Å². The zero-order valence-corrected chi connectivity index (χ0v) is 11.3. The number of nitrogens with zero attached hydrogens (tertiary/aromatic N) is 2. The Morgan fingerprint density at radius 3 is 2.63 bits per heavy atom. The summed E-state index contributed by atoms with van der Waals surface area (Å²) < 4.78 is 1.89. The molecule has 3 nitrogen and oxygen atoms in total. The highest BCUT2D eigenvalue weighted by Crippen LogP contribution is 2.40. The van der Waals surface area contributed by atoms with Crippen LogP contribution in [0.3, 0.4) is 0 Å². The molecule has 3 heteroatoms. The predicted molar refractivity (Wildman–Crippen MR) is 75.0 cm³/mol. The molecule has 100 valence electrons. The molecule has 19 heavy (non-hydrogen) atoms. The van der Waals surface area contributed by atoms with Crippen molar-refractivity contribution in [1.29, 1.82) is 0 Å².